The number of hydrogen-bond donors (Lipinski definition) is 1. The van der Waals surface area contributed by atoms with Crippen LogP contribution in [0.15, 0.2) is 0 Å². The van der Waals surface area contributed by atoms with Gasteiger partial charge in [0.1, 0.15) is 9.84 Å². The summed E-state index contributed by atoms with van der Waals surface area (Å²) < 4.78 is 23.2. The molecule has 4 heteroatoms. The maximum atomic E-state index is 11.6. The summed E-state index contributed by atoms with van der Waals surface area (Å²) in [7, 11) is -2.84. The van der Waals surface area contributed by atoms with Crippen LogP contribution < -0.4 is 5.32 Å². The quantitative estimate of drug-likeness (QED) is 0.855. The minimum Gasteiger partial charge on any atom is -0.314 e. The lowest BCUT2D eigenvalue weighted by Crippen LogP contribution is -2.40. The highest BCUT2D eigenvalue weighted by Gasteiger charge is 2.29. The second-order valence-electron chi connectivity index (χ2n) is 6.51. The van der Waals surface area contributed by atoms with Crippen molar-refractivity contribution in [2.45, 2.75) is 63.2 Å². The molecule has 2 aliphatic rings. The highest BCUT2D eigenvalue weighted by Crippen LogP contribution is 2.30. The van der Waals surface area contributed by atoms with Crippen LogP contribution in [0.5, 0.6) is 0 Å². The van der Waals surface area contributed by atoms with Gasteiger partial charge in [-0.15, -0.1) is 0 Å². The molecule has 18 heavy (non-hydrogen) atoms. The molecule has 106 valence electrons. The van der Waals surface area contributed by atoms with Gasteiger partial charge in [-0.2, -0.15) is 0 Å². The van der Waals surface area contributed by atoms with Crippen molar-refractivity contribution in [3.05, 3.63) is 0 Å². The van der Waals surface area contributed by atoms with Gasteiger partial charge in [-0.05, 0) is 50.5 Å². The molecule has 0 heterocycles. The van der Waals surface area contributed by atoms with Crippen LogP contribution in [0.2, 0.25) is 0 Å². The lowest BCUT2D eigenvalue weighted by atomic mass is 9.94. The molecule has 2 saturated carbocycles. The average molecular weight is 273 g/mol. The zero-order valence-electron chi connectivity index (χ0n) is 11.7. The van der Waals surface area contributed by atoms with Crippen molar-refractivity contribution >= 4 is 9.84 Å². The van der Waals surface area contributed by atoms with Crippen LogP contribution >= 0.6 is 0 Å². The van der Waals surface area contributed by atoms with E-state index >= 15 is 0 Å². The Kier molecular flexibility index (Phi) is 4.70. The standard InChI is InChI=1S/C14H27NO2S/c1-11-6-7-12(8-11)10-15-13-4-3-5-14(9-13)18(2,16)17/h11-15H,3-10H2,1-2H3. The third-order valence-corrected chi connectivity index (χ3v) is 6.37. The maximum absolute atomic E-state index is 11.6. The molecule has 4 unspecified atom stereocenters. The molecule has 2 rings (SSSR count). The minimum absolute atomic E-state index is 0.105. The summed E-state index contributed by atoms with van der Waals surface area (Å²) in [6.07, 6.45) is 9.32. The van der Waals surface area contributed by atoms with Gasteiger partial charge in [0.05, 0.1) is 5.25 Å². The van der Waals surface area contributed by atoms with Crippen LogP contribution in [0, 0.1) is 11.8 Å². The zero-order valence-corrected chi connectivity index (χ0v) is 12.5. The molecule has 2 aliphatic carbocycles. The molecule has 0 bridgehead atoms. The Morgan fingerprint density at radius 3 is 2.50 bits per heavy atom. The Morgan fingerprint density at radius 2 is 1.89 bits per heavy atom. The third kappa shape index (κ3) is 3.95. The highest BCUT2D eigenvalue weighted by atomic mass is 32.2. The molecule has 0 radical (unpaired) electrons. The first-order valence-electron chi connectivity index (χ1n) is 7.37. The Balaban J connectivity index is 1.76. The first-order valence-corrected chi connectivity index (χ1v) is 9.33. The summed E-state index contributed by atoms with van der Waals surface area (Å²) in [5, 5.41) is 3.52. The van der Waals surface area contributed by atoms with Crippen molar-refractivity contribution in [3.8, 4) is 0 Å². The van der Waals surface area contributed by atoms with Gasteiger partial charge in [-0.1, -0.05) is 19.8 Å². The number of nitrogens with one attached hydrogen (secondary N) is 1. The van der Waals surface area contributed by atoms with Crippen molar-refractivity contribution in [3.63, 3.8) is 0 Å². The molecule has 4 atom stereocenters. The predicted molar refractivity (Wildman–Crippen MR) is 75.4 cm³/mol. The van der Waals surface area contributed by atoms with E-state index in [1.165, 1.54) is 25.5 Å². The Hall–Kier alpha value is -0.0900. The fraction of sp³-hybridized carbons (Fsp3) is 1.00. The largest absolute Gasteiger partial charge is 0.314 e. The summed E-state index contributed by atoms with van der Waals surface area (Å²) in [4.78, 5) is 0. The van der Waals surface area contributed by atoms with Gasteiger partial charge < -0.3 is 5.32 Å². The highest BCUT2D eigenvalue weighted by molar-refractivity contribution is 7.91. The smallest absolute Gasteiger partial charge is 0.150 e. The Labute approximate surface area is 112 Å². The van der Waals surface area contributed by atoms with E-state index < -0.39 is 9.84 Å². The Bertz CT molecular complexity index is 366. The lowest BCUT2D eigenvalue weighted by Gasteiger charge is -2.29. The fourth-order valence-corrected chi connectivity index (χ4v) is 4.74. The molecule has 2 fully saturated rings. The van der Waals surface area contributed by atoms with Crippen molar-refractivity contribution < 1.29 is 8.42 Å². The Morgan fingerprint density at radius 1 is 1.11 bits per heavy atom. The van der Waals surface area contributed by atoms with E-state index in [4.69, 9.17) is 0 Å². The molecular weight excluding hydrogens is 246 g/mol. The van der Waals surface area contributed by atoms with E-state index in [1.54, 1.807) is 0 Å². The molecule has 3 nitrogen and oxygen atoms in total. The first kappa shape index (κ1) is 14.3. The summed E-state index contributed by atoms with van der Waals surface area (Å²) in [5.41, 5.74) is 0. The fourth-order valence-electron chi connectivity index (χ4n) is 3.56. The predicted octanol–water partition coefficient (Wildman–Crippen LogP) is 2.37. The SMILES string of the molecule is CC1CCC(CNC2CCCC(S(C)(=O)=O)C2)C1. The van der Waals surface area contributed by atoms with Gasteiger partial charge in [-0.3, -0.25) is 0 Å². The van der Waals surface area contributed by atoms with E-state index in [9.17, 15) is 8.42 Å². The molecule has 0 aromatic carbocycles. The van der Waals surface area contributed by atoms with E-state index in [0.717, 1.165) is 44.1 Å². The zero-order chi connectivity index (χ0) is 13.2. The van der Waals surface area contributed by atoms with Gasteiger partial charge in [0, 0.05) is 12.3 Å². The summed E-state index contributed by atoms with van der Waals surface area (Å²) in [6.45, 7) is 3.42. The number of hydrogen-bond acceptors (Lipinski definition) is 3. The van der Waals surface area contributed by atoms with Crippen molar-refractivity contribution in [2.75, 3.05) is 12.8 Å². The third-order valence-electron chi connectivity index (χ3n) is 4.73. The average Bonchev–Trinajstić information content (AvgIpc) is 2.72. The second kappa shape index (κ2) is 5.91. The first-order chi connectivity index (χ1) is 8.45. The van der Waals surface area contributed by atoms with Crippen LogP contribution in [-0.4, -0.2) is 32.5 Å². The molecule has 0 aromatic heterocycles. The lowest BCUT2D eigenvalue weighted by molar-refractivity contribution is 0.345. The number of sulfone groups is 1. The van der Waals surface area contributed by atoms with Crippen LogP contribution in [-0.2, 0) is 9.84 Å². The summed E-state index contributed by atoms with van der Waals surface area (Å²) in [6, 6.07) is 0.425. The van der Waals surface area contributed by atoms with Gasteiger partial charge >= 0.3 is 0 Å². The molecule has 0 aromatic rings. The van der Waals surface area contributed by atoms with Crippen molar-refractivity contribution in [2.24, 2.45) is 11.8 Å². The topological polar surface area (TPSA) is 46.2 Å². The van der Waals surface area contributed by atoms with Crippen molar-refractivity contribution in [1.82, 2.24) is 5.32 Å². The van der Waals surface area contributed by atoms with Crippen LogP contribution in [0.4, 0.5) is 0 Å². The molecule has 0 aliphatic heterocycles. The van der Waals surface area contributed by atoms with E-state index in [-0.39, 0.29) is 5.25 Å². The normalized spacial score (nSPS) is 37.9. The second-order valence-corrected chi connectivity index (χ2v) is 8.83. The van der Waals surface area contributed by atoms with Crippen LogP contribution in [0.3, 0.4) is 0 Å². The summed E-state index contributed by atoms with van der Waals surface area (Å²) in [5.74, 6) is 1.70. The molecule has 0 saturated heterocycles. The van der Waals surface area contributed by atoms with Gasteiger partial charge in [0.15, 0.2) is 0 Å². The van der Waals surface area contributed by atoms with E-state index in [2.05, 4.69) is 12.2 Å². The molecule has 0 amide bonds. The van der Waals surface area contributed by atoms with Crippen molar-refractivity contribution in [1.29, 1.82) is 0 Å². The van der Waals surface area contributed by atoms with E-state index in [1.807, 2.05) is 0 Å². The molecular formula is C14H27NO2S. The maximum Gasteiger partial charge on any atom is 0.150 e. The molecule has 1 N–H and O–H groups in total. The van der Waals surface area contributed by atoms with Crippen LogP contribution in [0.1, 0.15) is 51.9 Å². The molecule has 0 spiro atoms. The van der Waals surface area contributed by atoms with Gasteiger partial charge in [0.25, 0.3) is 0 Å². The number of rotatable bonds is 4. The van der Waals surface area contributed by atoms with Gasteiger partial charge in [0.2, 0.25) is 0 Å². The van der Waals surface area contributed by atoms with Gasteiger partial charge in [-0.25, -0.2) is 8.42 Å². The monoisotopic (exact) mass is 273 g/mol. The van der Waals surface area contributed by atoms with Crippen LogP contribution in [0.25, 0.3) is 0 Å². The summed E-state index contributed by atoms with van der Waals surface area (Å²) >= 11 is 0. The van der Waals surface area contributed by atoms with E-state index in [0.29, 0.717) is 6.04 Å². The minimum atomic E-state index is -2.84.